The average Bonchev–Trinajstić information content (AvgIpc) is 2.64. The molecule has 1 N–H and O–H groups in total. The van der Waals surface area contributed by atoms with E-state index in [4.69, 9.17) is 4.74 Å². The number of hydrogen-bond acceptors (Lipinski definition) is 6. The van der Waals surface area contributed by atoms with Crippen LogP contribution >= 0.6 is 0 Å². The zero-order chi connectivity index (χ0) is 21.0. The predicted octanol–water partition coefficient (Wildman–Crippen LogP) is 3.46. The highest BCUT2D eigenvalue weighted by Gasteiger charge is 2.30. The second-order valence-electron chi connectivity index (χ2n) is 7.56. The summed E-state index contributed by atoms with van der Waals surface area (Å²) in [5.41, 5.74) is 0.199. The minimum Gasteiger partial charge on any atom is -0.438 e. The first kappa shape index (κ1) is 21.0. The van der Waals surface area contributed by atoms with Crippen molar-refractivity contribution in [3.05, 3.63) is 59.4 Å². The van der Waals surface area contributed by atoms with Crippen LogP contribution in [0.1, 0.15) is 48.8 Å². The molecule has 8 heteroatoms. The lowest BCUT2D eigenvalue weighted by Gasteiger charge is -2.31. The number of ether oxygens (including phenoxy) is 1. The molecule has 0 radical (unpaired) electrons. The Morgan fingerprint density at radius 2 is 1.97 bits per heavy atom. The Hall–Kier alpha value is -2.74. The van der Waals surface area contributed by atoms with Crippen molar-refractivity contribution in [3.63, 3.8) is 0 Å². The number of aromatic nitrogens is 2. The molecule has 2 aromatic rings. The monoisotopic (exact) mass is 415 g/mol. The Balaban J connectivity index is 1.84. The van der Waals surface area contributed by atoms with Crippen molar-refractivity contribution in [3.8, 4) is 11.6 Å². The summed E-state index contributed by atoms with van der Waals surface area (Å²) in [5.74, 6) is 1.92. The Morgan fingerprint density at radius 3 is 2.59 bits per heavy atom. The number of benzene rings is 1. The molecule has 29 heavy (non-hydrogen) atoms. The third-order valence-corrected chi connectivity index (χ3v) is 5.34. The predicted molar refractivity (Wildman–Crippen MR) is 111 cm³/mol. The summed E-state index contributed by atoms with van der Waals surface area (Å²) in [6.45, 7) is 3.87. The van der Waals surface area contributed by atoms with Crippen molar-refractivity contribution in [2.45, 2.75) is 38.6 Å². The topological polar surface area (TPSA) is 98.2 Å². The van der Waals surface area contributed by atoms with E-state index in [2.05, 4.69) is 22.2 Å². The number of para-hydroxylation sites is 1. The summed E-state index contributed by atoms with van der Waals surface area (Å²) in [4.78, 5) is 21.7. The van der Waals surface area contributed by atoms with Gasteiger partial charge in [0, 0.05) is 29.8 Å². The van der Waals surface area contributed by atoms with E-state index in [1.807, 2.05) is 18.2 Å². The minimum atomic E-state index is -3.27. The van der Waals surface area contributed by atoms with Crippen LogP contribution in [-0.4, -0.2) is 36.6 Å². The van der Waals surface area contributed by atoms with Gasteiger partial charge in [0.25, 0.3) is 5.91 Å². The second kappa shape index (κ2) is 8.73. The van der Waals surface area contributed by atoms with E-state index in [-0.39, 0.29) is 17.4 Å². The lowest BCUT2D eigenvalue weighted by Crippen LogP contribution is -2.32. The van der Waals surface area contributed by atoms with Gasteiger partial charge < -0.3 is 10.1 Å². The van der Waals surface area contributed by atoms with Crippen LogP contribution in [0.15, 0.2) is 48.0 Å². The Bertz CT molecular complexity index is 1000. The van der Waals surface area contributed by atoms with Gasteiger partial charge >= 0.3 is 0 Å². The minimum absolute atomic E-state index is 0.192. The van der Waals surface area contributed by atoms with Crippen LogP contribution in [0.25, 0.3) is 0 Å². The van der Waals surface area contributed by atoms with Crippen LogP contribution in [0.2, 0.25) is 0 Å². The summed E-state index contributed by atoms with van der Waals surface area (Å²) in [5, 5.41) is 3.79. The van der Waals surface area contributed by atoms with Gasteiger partial charge in [-0.1, -0.05) is 31.2 Å². The van der Waals surface area contributed by atoms with Gasteiger partial charge in [-0.05, 0) is 37.8 Å². The molecule has 7 nitrogen and oxygen atoms in total. The largest absolute Gasteiger partial charge is 0.438 e. The van der Waals surface area contributed by atoms with Crippen LogP contribution in [0, 0.1) is 5.92 Å². The van der Waals surface area contributed by atoms with Crippen molar-refractivity contribution in [2.24, 2.45) is 5.92 Å². The molecule has 0 unspecified atom stereocenters. The van der Waals surface area contributed by atoms with Gasteiger partial charge in [-0.15, -0.1) is 0 Å². The number of nitrogens with zero attached hydrogens (tertiary/aromatic N) is 2. The molecular formula is C21H25N3O4S. The SMILES string of the molecule is C[C@@H](/C=C/S(C)(=O)=O)NC(=O)c1cnc([C@H]2C[C@H](C)C2)nc1Oc1ccccc1. The molecule has 1 aliphatic rings. The molecule has 1 aromatic carbocycles. The van der Waals surface area contributed by atoms with E-state index in [0.717, 1.165) is 24.5 Å². The van der Waals surface area contributed by atoms with Crippen LogP contribution < -0.4 is 10.1 Å². The highest BCUT2D eigenvalue weighted by atomic mass is 32.2. The molecule has 1 atom stereocenters. The number of hydrogen-bond donors (Lipinski definition) is 1. The van der Waals surface area contributed by atoms with Gasteiger partial charge in [0.15, 0.2) is 9.84 Å². The van der Waals surface area contributed by atoms with Crippen LogP contribution in [0.5, 0.6) is 11.6 Å². The first-order valence-corrected chi connectivity index (χ1v) is 11.5. The zero-order valence-corrected chi connectivity index (χ0v) is 17.5. The van der Waals surface area contributed by atoms with Crippen LogP contribution in [0.4, 0.5) is 0 Å². The fourth-order valence-electron chi connectivity index (χ4n) is 3.12. The van der Waals surface area contributed by atoms with Crippen molar-refractivity contribution in [2.75, 3.05) is 6.26 Å². The number of amides is 1. The molecule has 0 saturated heterocycles. The van der Waals surface area contributed by atoms with Crippen molar-refractivity contribution < 1.29 is 17.9 Å². The number of sulfone groups is 1. The second-order valence-corrected chi connectivity index (χ2v) is 9.49. The van der Waals surface area contributed by atoms with Gasteiger partial charge in [-0.2, -0.15) is 4.98 Å². The molecule has 1 fully saturated rings. The standard InChI is InChI=1S/C21H25N3O4S/c1-14-11-16(12-14)19-22-13-18(20(25)23-15(2)9-10-29(3,26)27)21(24-19)28-17-7-5-4-6-8-17/h4-10,13-16H,11-12H2,1-3H3,(H,23,25)/b10-9+/t14-,15-,16-/m0/s1. The van der Waals surface area contributed by atoms with E-state index >= 15 is 0 Å². The van der Waals surface area contributed by atoms with E-state index in [1.165, 1.54) is 12.3 Å². The molecule has 1 aromatic heterocycles. The van der Waals surface area contributed by atoms with Crippen molar-refractivity contribution in [1.82, 2.24) is 15.3 Å². The third kappa shape index (κ3) is 5.87. The quantitative estimate of drug-likeness (QED) is 0.744. The summed E-state index contributed by atoms with van der Waals surface area (Å²) < 4.78 is 28.4. The van der Waals surface area contributed by atoms with Gasteiger partial charge in [0.05, 0.1) is 0 Å². The highest BCUT2D eigenvalue weighted by molar-refractivity contribution is 7.93. The summed E-state index contributed by atoms with van der Waals surface area (Å²) in [7, 11) is -3.27. The molecule has 1 aliphatic carbocycles. The highest BCUT2D eigenvalue weighted by Crippen LogP contribution is 2.40. The summed E-state index contributed by atoms with van der Waals surface area (Å²) >= 11 is 0. The zero-order valence-electron chi connectivity index (χ0n) is 16.7. The fraction of sp³-hybridized carbons (Fsp3) is 0.381. The molecule has 0 aliphatic heterocycles. The number of nitrogens with one attached hydrogen (secondary N) is 1. The van der Waals surface area contributed by atoms with Gasteiger partial charge in [0.1, 0.15) is 17.1 Å². The molecule has 3 rings (SSSR count). The van der Waals surface area contributed by atoms with E-state index in [9.17, 15) is 13.2 Å². The Kier molecular flexibility index (Phi) is 6.32. The molecule has 154 valence electrons. The maximum Gasteiger partial charge on any atom is 0.258 e. The van der Waals surface area contributed by atoms with Crippen LogP contribution in [0.3, 0.4) is 0 Å². The number of carbonyl (C=O) groups excluding carboxylic acids is 1. The maximum atomic E-state index is 12.8. The van der Waals surface area contributed by atoms with Crippen molar-refractivity contribution in [1.29, 1.82) is 0 Å². The van der Waals surface area contributed by atoms with Gasteiger partial charge in [0.2, 0.25) is 5.88 Å². The average molecular weight is 416 g/mol. The first-order valence-electron chi connectivity index (χ1n) is 9.50. The lowest BCUT2D eigenvalue weighted by molar-refractivity contribution is 0.0943. The number of carbonyl (C=O) groups is 1. The van der Waals surface area contributed by atoms with Gasteiger partial charge in [-0.3, -0.25) is 4.79 Å². The Morgan fingerprint density at radius 1 is 1.28 bits per heavy atom. The summed E-state index contributed by atoms with van der Waals surface area (Å²) in [6.07, 6.45) is 6.02. The maximum absolute atomic E-state index is 12.8. The lowest BCUT2D eigenvalue weighted by atomic mass is 9.76. The molecule has 1 saturated carbocycles. The molecule has 1 amide bonds. The van der Waals surface area contributed by atoms with E-state index in [1.54, 1.807) is 19.1 Å². The molecular weight excluding hydrogens is 390 g/mol. The Labute approximate surface area is 171 Å². The fourth-order valence-corrected chi connectivity index (χ4v) is 3.64. The smallest absolute Gasteiger partial charge is 0.258 e. The third-order valence-electron chi connectivity index (χ3n) is 4.69. The van der Waals surface area contributed by atoms with Gasteiger partial charge in [-0.25, -0.2) is 13.4 Å². The normalized spacial score (nSPS) is 20.1. The first-order chi connectivity index (χ1) is 13.7. The molecule has 0 bridgehead atoms. The van der Waals surface area contributed by atoms with E-state index in [0.29, 0.717) is 17.5 Å². The van der Waals surface area contributed by atoms with Crippen LogP contribution in [-0.2, 0) is 9.84 Å². The van der Waals surface area contributed by atoms with Crippen molar-refractivity contribution >= 4 is 15.7 Å². The van der Waals surface area contributed by atoms with E-state index < -0.39 is 21.8 Å². The number of rotatable bonds is 7. The summed E-state index contributed by atoms with van der Waals surface area (Å²) in [6, 6.07) is 8.62. The molecule has 1 heterocycles. The molecule has 0 spiro atoms.